The second-order valence-corrected chi connectivity index (χ2v) is 8.54. The van der Waals surface area contributed by atoms with E-state index < -0.39 is 0 Å². The number of hydrogen-bond donors (Lipinski definition) is 0. The zero-order chi connectivity index (χ0) is 19.6. The van der Waals surface area contributed by atoms with Gasteiger partial charge in [0.05, 0.1) is 12.5 Å². The van der Waals surface area contributed by atoms with Gasteiger partial charge in [0.2, 0.25) is 0 Å². The van der Waals surface area contributed by atoms with Crippen molar-refractivity contribution in [1.29, 1.82) is 0 Å². The van der Waals surface area contributed by atoms with Gasteiger partial charge in [-0.15, -0.1) is 0 Å². The van der Waals surface area contributed by atoms with Crippen LogP contribution in [0.5, 0.6) is 0 Å². The number of benzene rings is 1. The van der Waals surface area contributed by atoms with E-state index in [0.717, 1.165) is 37.9 Å². The molecule has 1 saturated carbocycles. The molecule has 3 rings (SSSR count). The monoisotopic (exact) mass is 375 g/mol. The highest BCUT2D eigenvalue weighted by molar-refractivity contribution is 5.92. The van der Waals surface area contributed by atoms with Crippen molar-refractivity contribution in [1.82, 2.24) is 0 Å². The Balaban J connectivity index is 1.69. The van der Waals surface area contributed by atoms with Crippen LogP contribution in [0.3, 0.4) is 0 Å². The van der Waals surface area contributed by atoms with Crippen molar-refractivity contribution in [3.05, 3.63) is 29.6 Å². The van der Waals surface area contributed by atoms with Crippen LogP contribution in [0.2, 0.25) is 0 Å². The lowest BCUT2D eigenvalue weighted by atomic mass is 9.69. The average molecular weight is 375 g/mol. The molecule has 0 spiro atoms. The molecule has 148 valence electrons. The minimum Gasteiger partial charge on any atom is -0.466 e. The molecule has 0 aromatic heterocycles. The number of unbranched alkanes of at least 4 members (excludes halogenated alkanes) is 2. The van der Waals surface area contributed by atoms with Crippen LogP contribution in [0, 0.1) is 11.2 Å². The Morgan fingerprint density at radius 2 is 2.07 bits per heavy atom. The maximum absolute atomic E-state index is 14.6. The number of hydrogen-bond acceptors (Lipinski definition) is 4. The van der Waals surface area contributed by atoms with Crippen molar-refractivity contribution < 1.29 is 18.7 Å². The van der Waals surface area contributed by atoms with Crippen molar-refractivity contribution in [3.8, 4) is 0 Å². The maximum Gasteiger partial charge on any atom is 0.305 e. The first-order chi connectivity index (χ1) is 12.8. The second-order valence-electron chi connectivity index (χ2n) is 8.54. The predicted molar refractivity (Wildman–Crippen MR) is 103 cm³/mol. The molecule has 1 aromatic rings. The summed E-state index contributed by atoms with van der Waals surface area (Å²) in [4.78, 5) is 26.5. The van der Waals surface area contributed by atoms with Gasteiger partial charge in [0, 0.05) is 36.7 Å². The second kappa shape index (κ2) is 7.99. The number of carbonyl (C=O) groups is 2. The summed E-state index contributed by atoms with van der Waals surface area (Å²) in [6.07, 6.45) is 4.45. The molecule has 0 radical (unpaired) electrons. The molecule has 1 fully saturated rings. The van der Waals surface area contributed by atoms with Gasteiger partial charge >= 0.3 is 5.97 Å². The Bertz CT molecular complexity index is 716. The minimum atomic E-state index is -0.339. The fraction of sp³-hybridized carbons (Fsp3) is 0.636. The number of fused-ring (bicyclic) bond motifs is 3. The lowest BCUT2D eigenvalue weighted by Gasteiger charge is -2.40. The van der Waals surface area contributed by atoms with Gasteiger partial charge in [-0.2, -0.15) is 0 Å². The molecular formula is C22H30FNO3. The van der Waals surface area contributed by atoms with E-state index in [9.17, 15) is 14.0 Å². The van der Waals surface area contributed by atoms with Crippen LogP contribution in [0.15, 0.2) is 18.2 Å². The number of anilines is 1. The lowest BCUT2D eigenvalue weighted by molar-refractivity contribution is -0.143. The molecule has 1 aliphatic heterocycles. The predicted octanol–water partition coefficient (Wildman–Crippen LogP) is 4.61. The van der Waals surface area contributed by atoms with Crippen molar-refractivity contribution in [2.45, 2.75) is 71.3 Å². The van der Waals surface area contributed by atoms with E-state index in [1.807, 2.05) is 13.0 Å². The molecule has 2 aliphatic rings. The molecule has 5 heteroatoms. The third kappa shape index (κ3) is 4.17. The number of ether oxygens (including phenoxy) is 1. The summed E-state index contributed by atoms with van der Waals surface area (Å²) in [6, 6.07) is 5.18. The quantitative estimate of drug-likeness (QED) is 0.516. The molecule has 1 aliphatic carbocycles. The minimum absolute atomic E-state index is 0.0400. The number of carbonyl (C=O) groups excluding carboxylic acids is 2. The van der Waals surface area contributed by atoms with Gasteiger partial charge < -0.3 is 9.64 Å². The van der Waals surface area contributed by atoms with Crippen LogP contribution in [0.25, 0.3) is 0 Å². The number of Topliss-reactive ketones (excluding diaryl/α,β-unsaturated/α-hetero) is 1. The maximum atomic E-state index is 14.6. The molecule has 1 heterocycles. The number of nitrogens with zero attached hydrogens (tertiary/aromatic N) is 1. The number of halogens is 1. The van der Waals surface area contributed by atoms with Crippen LogP contribution < -0.4 is 4.90 Å². The first kappa shape index (κ1) is 19.8. The Morgan fingerprint density at radius 3 is 2.81 bits per heavy atom. The lowest BCUT2D eigenvalue weighted by Crippen LogP contribution is -2.45. The standard InChI is InChI=1S/C22H30FNO3/c1-4-27-19(26)11-6-5-7-12-24-16-10-8-9-15(23)20(16)21-17(24)13-22(2,3)14-18(21)25/h8-10,17,21H,4-7,11-14H2,1-3H3. The van der Waals surface area contributed by atoms with E-state index in [1.54, 1.807) is 6.07 Å². The van der Waals surface area contributed by atoms with E-state index in [4.69, 9.17) is 4.74 Å². The van der Waals surface area contributed by atoms with Gasteiger partial charge in [-0.1, -0.05) is 26.3 Å². The highest BCUT2D eigenvalue weighted by Crippen LogP contribution is 2.51. The van der Waals surface area contributed by atoms with E-state index in [-0.39, 0.29) is 34.9 Å². The highest BCUT2D eigenvalue weighted by Gasteiger charge is 2.50. The summed E-state index contributed by atoms with van der Waals surface area (Å²) in [6.45, 7) is 7.26. The Morgan fingerprint density at radius 1 is 1.30 bits per heavy atom. The van der Waals surface area contributed by atoms with Gasteiger partial charge in [-0.3, -0.25) is 9.59 Å². The van der Waals surface area contributed by atoms with Crippen LogP contribution >= 0.6 is 0 Å². The average Bonchev–Trinajstić information content (AvgIpc) is 2.89. The summed E-state index contributed by atoms with van der Waals surface area (Å²) in [5.41, 5.74) is 1.41. The molecule has 27 heavy (non-hydrogen) atoms. The number of ketones is 1. The molecule has 2 unspecified atom stereocenters. The third-order valence-corrected chi connectivity index (χ3v) is 5.78. The summed E-state index contributed by atoms with van der Waals surface area (Å²) < 4.78 is 19.5. The molecular weight excluding hydrogens is 345 g/mol. The van der Waals surface area contributed by atoms with Crippen LogP contribution in [0.1, 0.15) is 70.8 Å². The Kier molecular flexibility index (Phi) is 5.87. The molecule has 0 amide bonds. The summed E-state index contributed by atoms with van der Waals surface area (Å²) in [5.74, 6) is -0.590. The van der Waals surface area contributed by atoms with Gasteiger partial charge in [-0.05, 0) is 43.7 Å². The van der Waals surface area contributed by atoms with Crippen molar-refractivity contribution >= 4 is 17.4 Å². The van der Waals surface area contributed by atoms with Gasteiger partial charge in [0.15, 0.2) is 0 Å². The van der Waals surface area contributed by atoms with E-state index in [0.29, 0.717) is 25.0 Å². The van der Waals surface area contributed by atoms with Gasteiger partial charge in [-0.25, -0.2) is 4.39 Å². The largest absolute Gasteiger partial charge is 0.466 e. The topological polar surface area (TPSA) is 46.6 Å². The fourth-order valence-electron chi connectivity index (χ4n) is 4.71. The SMILES string of the molecule is CCOC(=O)CCCCCN1c2cccc(F)c2C2C(=O)CC(C)(C)CC21. The number of esters is 1. The summed E-state index contributed by atoms with van der Waals surface area (Å²) in [7, 11) is 0. The van der Waals surface area contributed by atoms with E-state index in [2.05, 4.69) is 18.7 Å². The zero-order valence-corrected chi connectivity index (χ0v) is 16.6. The summed E-state index contributed by atoms with van der Waals surface area (Å²) in [5, 5.41) is 0. The van der Waals surface area contributed by atoms with E-state index >= 15 is 0 Å². The normalized spacial score (nSPS) is 23.1. The van der Waals surface area contributed by atoms with Gasteiger partial charge in [0.1, 0.15) is 11.6 Å². The Labute approximate surface area is 161 Å². The van der Waals surface area contributed by atoms with Crippen molar-refractivity contribution in [2.75, 3.05) is 18.1 Å². The summed E-state index contributed by atoms with van der Waals surface area (Å²) >= 11 is 0. The molecule has 0 bridgehead atoms. The number of rotatable bonds is 7. The first-order valence-electron chi connectivity index (χ1n) is 10.1. The highest BCUT2D eigenvalue weighted by atomic mass is 19.1. The van der Waals surface area contributed by atoms with Crippen molar-refractivity contribution in [3.63, 3.8) is 0 Å². The third-order valence-electron chi connectivity index (χ3n) is 5.78. The molecule has 1 aromatic carbocycles. The Hall–Kier alpha value is -1.91. The van der Waals surface area contributed by atoms with Crippen LogP contribution in [-0.4, -0.2) is 30.9 Å². The van der Waals surface area contributed by atoms with Gasteiger partial charge in [0.25, 0.3) is 0 Å². The molecule has 0 N–H and O–H groups in total. The van der Waals surface area contributed by atoms with Crippen molar-refractivity contribution in [2.24, 2.45) is 5.41 Å². The molecule has 0 saturated heterocycles. The first-order valence-corrected chi connectivity index (χ1v) is 10.1. The molecule has 2 atom stereocenters. The van der Waals surface area contributed by atoms with Crippen LogP contribution in [-0.2, 0) is 14.3 Å². The smallest absolute Gasteiger partial charge is 0.305 e. The van der Waals surface area contributed by atoms with Crippen LogP contribution in [0.4, 0.5) is 10.1 Å². The molecule has 4 nitrogen and oxygen atoms in total. The fourth-order valence-corrected chi connectivity index (χ4v) is 4.71. The zero-order valence-electron chi connectivity index (χ0n) is 16.6. The van der Waals surface area contributed by atoms with E-state index in [1.165, 1.54) is 6.07 Å².